The van der Waals surface area contributed by atoms with Crippen LogP contribution >= 0.6 is 0 Å². The van der Waals surface area contributed by atoms with E-state index in [2.05, 4.69) is 43.9 Å². The predicted molar refractivity (Wildman–Crippen MR) is 81.5 cm³/mol. The summed E-state index contributed by atoms with van der Waals surface area (Å²) in [6, 6.07) is 10.1. The van der Waals surface area contributed by atoms with Gasteiger partial charge >= 0.3 is 0 Å². The fourth-order valence-corrected chi connectivity index (χ4v) is 2.47. The van der Waals surface area contributed by atoms with Crippen LogP contribution in [0, 0.1) is 23.2 Å². The molecule has 2 rings (SSSR count). The number of hydrogen-bond donors (Lipinski definition) is 1. The highest BCUT2D eigenvalue weighted by atomic mass is 14.5. The molecule has 0 amide bonds. The first kappa shape index (κ1) is 13.6. The van der Waals surface area contributed by atoms with Gasteiger partial charge in [0, 0.05) is 5.56 Å². The molecule has 0 fully saturated rings. The zero-order valence-corrected chi connectivity index (χ0v) is 11.7. The Labute approximate surface area is 116 Å². The van der Waals surface area contributed by atoms with Crippen molar-refractivity contribution in [3.05, 3.63) is 59.7 Å². The zero-order chi connectivity index (χ0) is 13.7. The first-order valence-electron chi connectivity index (χ1n) is 6.80. The van der Waals surface area contributed by atoms with Gasteiger partial charge < -0.3 is 5.73 Å². The molecule has 1 aromatic rings. The van der Waals surface area contributed by atoms with Crippen LogP contribution in [0.5, 0.6) is 0 Å². The molecule has 2 atom stereocenters. The number of nitrogens with two attached hydrogens (primary N) is 1. The molecule has 0 saturated carbocycles. The second-order valence-corrected chi connectivity index (χ2v) is 5.24. The smallest absolute Gasteiger partial charge is 0.0561 e. The van der Waals surface area contributed by atoms with Crippen LogP contribution in [0.15, 0.2) is 54.1 Å². The van der Waals surface area contributed by atoms with Crippen molar-refractivity contribution in [1.29, 1.82) is 0 Å². The Bertz CT molecular complexity index is 542. The SMILES string of the molecule is CC1=CC=CC(CCN)C1(C)C#Cc1ccccc1. The molecule has 0 heterocycles. The van der Waals surface area contributed by atoms with E-state index in [1.807, 2.05) is 30.3 Å². The summed E-state index contributed by atoms with van der Waals surface area (Å²) in [5.41, 5.74) is 8.01. The summed E-state index contributed by atoms with van der Waals surface area (Å²) in [5.74, 6) is 7.18. The molecule has 0 aromatic heterocycles. The third kappa shape index (κ3) is 2.97. The Balaban J connectivity index is 2.31. The van der Waals surface area contributed by atoms with Gasteiger partial charge in [-0.25, -0.2) is 0 Å². The normalized spacial score (nSPS) is 25.4. The molecule has 1 aromatic carbocycles. The van der Waals surface area contributed by atoms with Gasteiger partial charge in [-0.15, -0.1) is 0 Å². The van der Waals surface area contributed by atoms with E-state index in [-0.39, 0.29) is 5.41 Å². The summed E-state index contributed by atoms with van der Waals surface area (Å²) >= 11 is 0. The molecule has 0 aliphatic heterocycles. The fourth-order valence-electron chi connectivity index (χ4n) is 2.47. The van der Waals surface area contributed by atoms with E-state index in [1.165, 1.54) is 5.57 Å². The van der Waals surface area contributed by atoms with Gasteiger partial charge in [-0.1, -0.05) is 53.8 Å². The van der Waals surface area contributed by atoms with E-state index < -0.39 is 0 Å². The molecule has 0 radical (unpaired) electrons. The van der Waals surface area contributed by atoms with Crippen molar-refractivity contribution in [3.8, 4) is 11.8 Å². The van der Waals surface area contributed by atoms with Gasteiger partial charge in [0.15, 0.2) is 0 Å². The predicted octanol–water partition coefficient (Wildman–Crippen LogP) is 3.53. The fraction of sp³-hybridized carbons (Fsp3) is 0.333. The van der Waals surface area contributed by atoms with Crippen molar-refractivity contribution in [2.24, 2.45) is 17.1 Å². The third-order valence-corrected chi connectivity index (χ3v) is 3.97. The Morgan fingerprint density at radius 2 is 2.00 bits per heavy atom. The van der Waals surface area contributed by atoms with Crippen molar-refractivity contribution < 1.29 is 0 Å². The monoisotopic (exact) mass is 251 g/mol. The van der Waals surface area contributed by atoms with Crippen molar-refractivity contribution in [3.63, 3.8) is 0 Å². The molecule has 1 aliphatic rings. The van der Waals surface area contributed by atoms with Gasteiger partial charge in [-0.2, -0.15) is 0 Å². The van der Waals surface area contributed by atoms with Crippen LogP contribution in [0.2, 0.25) is 0 Å². The van der Waals surface area contributed by atoms with E-state index in [0.717, 1.165) is 12.0 Å². The van der Waals surface area contributed by atoms with Gasteiger partial charge in [0.2, 0.25) is 0 Å². The Morgan fingerprint density at radius 3 is 2.68 bits per heavy atom. The topological polar surface area (TPSA) is 26.0 Å². The lowest BCUT2D eigenvalue weighted by Gasteiger charge is -2.34. The third-order valence-electron chi connectivity index (χ3n) is 3.97. The maximum Gasteiger partial charge on any atom is 0.0561 e. The van der Waals surface area contributed by atoms with E-state index in [4.69, 9.17) is 5.73 Å². The van der Waals surface area contributed by atoms with Crippen molar-refractivity contribution in [2.75, 3.05) is 6.54 Å². The standard InChI is InChI=1S/C18H21N/c1-15-7-6-10-17(12-14-19)18(15,2)13-11-16-8-4-3-5-9-16/h3-10,17H,12,14,19H2,1-2H3. The molecule has 1 nitrogen and oxygen atoms in total. The van der Waals surface area contributed by atoms with Crippen LogP contribution in [0.4, 0.5) is 0 Å². The van der Waals surface area contributed by atoms with Crippen LogP contribution in [0.25, 0.3) is 0 Å². The van der Waals surface area contributed by atoms with E-state index >= 15 is 0 Å². The van der Waals surface area contributed by atoms with Crippen LogP contribution in [0.3, 0.4) is 0 Å². The molecular weight excluding hydrogens is 230 g/mol. The largest absolute Gasteiger partial charge is 0.330 e. The molecule has 0 bridgehead atoms. The first-order valence-corrected chi connectivity index (χ1v) is 6.80. The van der Waals surface area contributed by atoms with E-state index in [1.54, 1.807) is 0 Å². The number of rotatable bonds is 2. The van der Waals surface area contributed by atoms with E-state index in [9.17, 15) is 0 Å². The van der Waals surface area contributed by atoms with E-state index in [0.29, 0.717) is 12.5 Å². The van der Waals surface area contributed by atoms with Gasteiger partial charge in [-0.3, -0.25) is 0 Å². The van der Waals surface area contributed by atoms with Gasteiger partial charge in [-0.05, 0) is 44.9 Å². The average molecular weight is 251 g/mol. The molecule has 2 unspecified atom stereocenters. The van der Waals surface area contributed by atoms with Gasteiger partial charge in [0.1, 0.15) is 0 Å². The van der Waals surface area contributed by atoms with Crippen LogP contribution in [-0.2, 0) is 0 Å². The summed E-state index contributed by atoms with van der Waals surface area (Å²) in [7, 11) is 0. The first-order chi connectivity index (χ1) is 9.16. The van der Waals surface area contributed by atoms with Gasteiger partial charge in [0.05, 0.1) is 5.41 Å². The second kappa shape index (κ2) is 5.91. The number of benzene rings is 1. The van der Waals surface area contributed by atoms with Crippen LogP contribution in [-0.4, -0.2) is 6.54 Å². The molecule has 1 aliphatic carbocycles. The summed E-state index contributed by atoms with van der Waals surface area (Å²) in [5, 5.41) is 0. The number of allylic oxidation sites excluding steroid dienone is 4. The quantitative estimate of drug-likeness (QED) is 0.800. The highest BCUT2D eigenvalue weighted by Gasteiger charge is 2.33. The summed E-state index contributed by atoms with van der Waals surface area (Å²) < 4.78 is 0. The Kier molecular flexibility index (Phi) is 4.24. The molecule has 0 spiro atoms. The average Bonchev–Trinajstić information content (AvgIpc) is 2.43. The molecule has 0 saturated heterocycles. The lowest BCUT2D eigenvalue weighted by atomic mass is 9.68. The maximum atomic E-state index is 5.73. The minimum absolute atomic E-state index is 0.107. The molecule has 2 N–H and O–H groups in total. The molecule has 1 heteroatoms. The summed E-state index contributed by atoms with van der Waals surface area (Å²) in [6.07, 6.45) is 7.50. The minimum atomic E-state index is -0.107. The Hall–Kier alpha value is -1.78. The Morgan fingerprint density at radius 1 is 1.26 bits per heavy atom. The molecular formula is C18H21N. The summed E-state index contributed by atoms with van der Waals surface area (Å²) in [6.45, 7) is 5.08. The van der Waals surface area contributed by atoms with Crippen LogP contribution < -0.4 is 5.73 Å². The molecule has 19 heavy (non-hydrogen) atoms. The number of hydrogen-bond acceptors (Lipinski definition) is 1. The highest BCUT2D eigenvalue weighted by Crippen LogP contribution is 2.40. The molecule has 98 valence electrons. The zero-order valence-electron chi connectivity index (χ0n) is 11.7. The van der Waals surface area contributed by atoms with Crippen molar-refractivity contribution in [1.82, 2.24) is 0 Å². The maximum absolute atomic E-state index is 5.73. The lowest BCUT2D eigenvalue weighted by Crippen LogP contribution is -2.29. The summed E-state index contributed by atoms with van der Waals surface area (Å²) in [4.78, 5) is 0. The lowest BCUT2D eigenvalue weighted by molar-refractivity contribution is 0.363. The van der Waals surface area contributed by atoms with Crippen molar-refractivity contribution >= 4 is 0 Å². The van der Waals surface area contributed by atoms with Crippen molar-refractivity contribution in [2.45, 2.75) is 20.3 Å². The highest BCUT2D eigenvalue weighted by molar-refractivity contribution is 5.41. The second-order valence-electron chi connectivity index (χ2n) is 5.24. The minimum Gasteiger partial charge on any atom is -0.330 e. The van der Waals surface area contributed by atoms with Crippen LogP contribution in [0.1, 0.15) is 25.8 Å². The van der Waals surface area contributed by atoms with Gasteiger partial charge in [0.25, 0.3) is 0 Å².